The van der Waals surface area contributed by atoms with Gasteiger partial charge < -0.3 is 15.2 Å². The maximum Gasteiger partial charge on any atom is 0.167 e. The van der Waals surface area contributed by atoms with Gasteiger partial charge in [-0.25, -0.2) is 4.98 Å². The fourth-order valence-electron chi connectivity index (χ4n) is 1.50. The number of nitrogens with zero attached hydrogens (tertiary/aromatic N) is 3. The van der Waals surface area contributed by atoms with Crippen LogP contribution < -0.4 is 5.73 Å². The molecule has 1 aromatic rings. The summed E-state index contributed by atoms with van der Waals surface area (Å²) in [5.74, 6) is 0.706. The molecule has 0 bridgehead atoms. The van der Waals surface area contributed by atoms with Gasteiger partial charge in [0.1, 0.15) is 4.99 Å². The first-order valence-corrected chi connectivity index (χ1v) is 5.63. The molecule has 0 aliphatic rings. The van der Waals surface area contributed by atoms with Crippen LogP contribution in [-0.4, -0.2) is 39.1 Å². The highest BCUT2D eigenvalue weighted by Gasteiger charge is 2.06. The van der Waals surface area contributed by atoms with Crippen LogP contribution in [0.25, 0.3) is 0 Å². The van der Waals surface area contributed by atoms with Crippen molar-refractivity contribution in [2.75, 3.05) is 19.6 Å². The molecule has 15 heavy (non-hydrogen) atoms. The molecule has 0 unspecified atom stereocenters. The van der Waals surface area contributed by atoms with E-state index in [-0.39, 0.29) is 0 Å². The summed E-state index contributed by atoms with van der Waals surface area (Å²) >= 11 is 4.92. The minimum atomic E-state index is 0.361. The summed E-state index contributed by atoms with van der Waals surface area (Å²) in [7, 11) is 0. The standard InChI is InChI=1S/C10H18N4S/c1-3-13(4-2)7-8-14-6-5-12-10(14)9(11)15/h5-6H,3-4,7-8H2,1-2H3,(H2,11,15). The Morgan fingerprint density at radius 1 is 1.53 bits per heavy atom. The fourth-order valence-corrected chi connectivity index (χ4v) is 1.67. The first kappa shape index (κ1) is 12.1. The van der Waals surface area contributed by atoms with Crippen LogP contribution >= 0.6 is 12.2 Å². The number of aromatic nitrogens is 2. The van der Waals surface area contributed by atoms with E-state index in [4.69, 9.17) is 18.0 Å². The van der Waals surface area contributed by atoms with E-state index in [9.17, 15) is 0 Å². The SMILES string of the molecule is CCN(CC)CCn1ccnc1C(N)=S. The zero-order valence-electron chi connectivity index (χ0n) is 9.31. The van der Waals surface area contributed by atoms with Crippen molar-refractivity contribution in [3.05, 3.63) is 18.2 Å². The normalized spacial score (nSPS) is 10.9. The van der Waals surface area contributed by atoms with Gasteiger partial charge in [0, 0.05) is 25.5 Å². The lowest BCUT2D eigenvalue weighted by molar-refractivity contribution is 0.290. The van der Waals surface area contributed by atoms with E-state index in [1.54, 1.807) is 6.20 Å². The molecule has 1 rings (SSSR count). The van der Waals surface area contributed by atoms with Gasteiger partial charge >= 0.3 is 0 Å². The predicted molar refractivity (Wildman–Crippen MR) is 65.9 cm³/mol. The van der Waals surface area contributed by atoms with Crippen LogP contribution in [0.1, 0.15) is 19.7 Å². The minimum absolute atomic E-state index is 0.361. The first-order chi connectivity index (χ1) is 7.19. The van der Waals surface area contributed by atoms with Gasteiger partial charge in [-0.1, -0.05) is 26.1 Å². The van der Waals surface area contributed by atoms with Crippen LogP contribution in [0.2, 0.25) is 0 Å². The van der Waals surface area contributed by atoms with E-state index in [0.29, 0.717) is 10.8 Å². The second-order valence-corrected chi connectivity index (χ2v) is 3.78. The van der Waals surface area contributed by atoms with Crippen LogP contribution in [0.5, 0.6) is 0 Å². The van der Waals surface area contributed by atoms with Gasteiger partial charge in [-0.15, -0.1) is 0 Å². The molecule has 1 aromatic heterocycles. The van der Waals surface area contributed by atoms with Gasteiger partial charge in [-0.3, -0.25) is 0 Å². The summed E-state index contributed by atoms with van der Waals surface area (Å²) in [6.07, 6.45) is 3.65. The van der Waals surface area contributed by atoms with Gasteiger partial charge in [0.05, 0.1) is 0 Å². The van der Waals surface area contributed by atoms with E-state index in [0.717, 1.165) is 26.2 Å². The molecule has 84 valence electrons. The van der Waals surface area contributed by atoms with Crippen molar-refractivity contribution >= 4 is 17.2 Å². The quantitative estimate of drug-likeness (QED) is 0.731. The Balaban J connectivity index is 2.57. The molecule has 0 atom stereocenters. The van der Waals surface area contributed by atoms with E-state index in [2.05, 4.69) is 23.7 Å². The van der Waals surface area contributed by atoms with Crippen molar-refractivity contribution in [1.29, 1.82) is 0 Å². The average Bonchev–Trinajstić information content (AvgIpc) is 2.67. The van der Waals surface area contributed by atoms with Gasteiger partial charge in [0.15, 0.2) is 5.82 Å². The molecule has 0 spiro atoms. The molecule has 1 heterocycles. The third-order valence-corrected chi connectivity index (χ3v) is 2.67. The first-order valence-electron chi connectivity index (χ1n) is 5.22. The van der Waals surface area contributed by atoms with E-state index in [1.807, 2.05) is 10.8 Å². The summed E-state index contributed by atoms with van der Waals surface area (Å²) in [5, 5.41) is 0. The van der Waals surface area contributed by atoms with Crippen molar-refractivity contribution in [1.82, 2.24) is 14.5 Å². The van der Waals surface area contributed by atoms with Crippen molar-refractivity contribution in [3.63, 3.8) is 0 Å². The largest absolute Gasteiger partial charge is 0.387 e. The van der Waals surface area contributed by atoms with Crippen molar-refractivity contribution in [2.45, 2.75) is 20.4 Å². The van der Waals surface area contributed by atoms with Crippen LogP contribution in [-0.2, 0) is 6.54 Å². The topological polar surface area (TPSA) is 47.1 Å². The Labute approximate surface area is 96.1 Å². The summed E-state index contributed by atoms with van der Waals surface area (Å²) < 4.78 is 2.00. The van der Waals surface area contributed by atoms with E-state index < -0.39 is 0 Å². The van der Waals surface area contributed by atoms with Crippen molar-refractivity contribution < 1.29 is 0 Å². The monoisotopic (exact) mass is 226 g/mol. The number of rotatable bonds is 6. The van der Waals surface area contributed by atoms with Crippen LogP contribution in [0, 0.1) is 0 Å². The zero-order chi connectivity index (χ0) is 11.3. The Kier molecular flexibility index (Phi) is 4.71. The van der Waals surface area contributed by atoms with E-state index in [1.165, 1.54) is 0 Å². The highest BCUT2D eigenvalue weighted by Crippen LogP contribution is 1.98. The Hall–Kier alpha value is -0.940. The lowest BCUT2D eigenvalue weighted by Gasteiger charge is -2.18. The lowest BCUT2D eigenvalue weighted by atomic mass is 10.4. The van der Waals surface area contributed by atoms with Crippen LogP contribution in [0.15, 0.2) is 12.4 Å². The Bertz CT molecular complexity index is 317. The maximum absolute atomic E-state index is 5.56. The highest BCUT2D eigenvalue weighted by atomic mass is 32.1. The smallest absolute Gasteiger partial charge is 0.167 e. The molecular formula is C10H18N4S. The lowest BCUT2D eigenvalue weighted by Crippen LogP contribution is -2.28. The number of nitrogens with two attached hydrogens (primary N) is 1. The van der Waals surface area contributed by atoms with Crippen LogP contribution in [0.3, 0.4) is 0 Å². The summed E-state index contributed by atoms with van der Waals surface area (Å²) in [6.45, 7) is 8.33. The molecule has 0 aliphatic carbocycles. The number of hydrogen-bond acceptors (Lipinski definition) is 3. The second-order valence-electron chi connectivity index (χ2n) is 3.34. The number of thiocarbonyl (C=S) groups is 1. The zero-order valence-corrected chi connectivity index (χ0v) is 10.1. The fraction of sp³-hybridized carbons (Fsp3) is 0.600. The second kappa shape index (κ2) is 5.82. The molecule has 0 aliphatic heterocycles. The van der Waals surface area contributed by atoms with Crippen LogP contribution in [0.4, 0.5) is 0 Å². The predicted octanol–water partition coefficient (Wildman–Crippen LogP) is 0.859. The molecule has 0 saturated carbocycles. The van der Waals surface area contributed by atoms with Gasteiger partial charge in [0.25, 0.3) is 0 Å². The van der Waals surface area contributed by atoms with Gasteiger partial charge in [-0.2, -0.15) is 0 Å². The molecule has 5 heteroatoms. The molecule has 0 aromatic carbocycles. The highest BCUT2D eigenvalue weighted by molar-refractivity contribution is 7.80. The Morgan fingerprint density at radius 3 is 2.73 bits per heavy atom. The van der Waals surface area contributed by atoms with Gasteiger partial charge in [-0.05, 0) is 13.1 Å². The summed E-state index contributed by atoms with van der Waals surface area (Å²) in [4.78, 5) is 6.83. The van der Waals surface area contributed by atoms with Crippen molar-refractivity contribution in [2.24, 2.45) is 5.73 Å². The number of hydrogen-bond donors (Lipinski definition) is 1. The molecule has 4 nitrogen and oxygen atoms in total. The minimum Gasteiger partial charge on any atom is -0.387 e. The third-order valence-electron chi connectivity index (χ3n) is 2.49. The number of imidazole rings is 1. The molecule has 0 saturated heterocycles. The van der Waals surface area contributed by atoms with Gasteiger partial charge in [0.2, 0.25) is 0 Å². The molecule has 0 radical (unpaired) electrons. The summed E-state index contributed by atoms with van der Waals surface area (Å²) in [6, 6.07) is 0. The average molecular weight is 226 g/mol. The Morgan fingerprint density at radius 2 is 2.20 bits per heavy atom. The molecule has 2 N–H and O–H groups in total. The van der Waals surface area contributed by atoms with Crippen molar-refractivity contribution in [3.8, 4) is 0 Å². The summed E-state index contributed by atoms with van der Waals surface area (Å²) in [5.41, 5.74) is 5.56. The molecular weight excluding hydrogens is 208 g/mol. The molecule has 0 amide bonds. The maximum atomic E-state index is 5.56. The molecule has 0 fully saturated rings. The number of likely N-dealkylation sites (N-methyl/N-ethyl adjacent to an activating group) is 1. The van der Waals surface area contributed by atoms with E-state index >= 15 is 0 Å². The third kappa shape index (κ3) is 3.28.